The van der Waals surface area contributed by atoms with Gasteiger partial charge in [-0.2, -0.15) is 0 Å². The zero-order valence-electron chi connectivity index (χ0n) is 10.7. The van der Waals surface area contributed by atoms with Gasteiger partial charge in [0.2, 0.25) is 0 Å². The topological polar surface area (TPSA) is 76.4 Å². The number of nitrogens with one attached hydrogen (secondary N) is 2. The van der Waals surface area contributed by atoms with Crippen LogP contribution < -0.4 is 15.4 Å². The van der Waals surface area contributed by atoms with Crippen LogP contribution in [0.25, 0.3) is 0 Å². The van der Waals surface area contributed by atoms with Gasteiger partial charge in [-0.15, -0.1) is 0 Å². The van der Waals surface area contributed by atoms with Crippen LogP contribution in [0.3, 0.4) is 0 Å². The molecule has 1 aromatic carbocycles. The van der Waals surface area contributed by atoms with Crippen molar-refractivity contribution in [3.63, 3.8) is 0 Å². The summed E-state index contributed by atoms with van der Waals surface area (Å²) >= 11 is 0. The van der Waals surface area contributed by atoms with Gasteiger partial charge in [0.25, 0.3) is 5.69 Å². The number of anilines is 1. The van der Waals surface area contributed by atoms with Crippen molar-refractivity contribution in [2.45, 2.75) is 13.3 Å². The standard InChI is InChI=1S/C12H19N3O3/c1-3-6-13-7-8-14-11-9-10(18-2)4-5-12(11)15(16)17/h4-5,9,13-14H,3,6-8H2,1-2H3. The number of benzene rings is 1. The van der Waals surface area contributed by atoms with Crippen molar-refractivity contribution >= 4 is 11.4 Å². The highest BCUT2D eigenvalue weighted by molar-refractivity contribution is 5.64. The van der Waals surface area contributed by atoms with Gasteiger partial charge in [0.1, 0.15) is 11.4 Å². The summed E-state index contributed by atoms with van der Waals surface area (Å²) in [5.41, 5.74) is 0.545. The van der Waals surface area contributed by atoms with Crippen molar-refractivity contribution in [2.24, 2.45) is 0 Å². The second kappa shape index (κ2) is 7.50. The molecule has 0 aromatic heterocycles. The molecule has 0 fully saturated rings. The highest BCUT2D eigenvalue weighted by atomic mass is 16.6. The minimum Gasteiger partial charge on any atom is -0.497 e. The van der Waals surface area contributed by atoms with Crippen LogP contribution in [-0.2, 0) is 0 Å². The Kier molecular flexibility index (Phi) is 5.93. The van der Waals surface area contributed by atoms with Gasteiger partial charge >= 0.3 is 0 Å². The summed E-state index contributed by atoms with van der Waals surface area (Å²) in [4.78, 5) is 10.5. The van der Waals surface area contributed by atoms with Gasteiger partial charge in [0.05, 0.1) is 12.0 Å². The van der Waals surface area contributed by atoms with Crippen LogP contribution in [0.2, 0.25) is 0 Å². The number of hydrogen-bond donors (Lipinski definition) is 2. The molecule has 18 heavy (non-hydrogen) atoms. The molecule has 1 aromatic rings. The Balaban J connectivity index is 2.63. The number of nitrogens with zero attached hydrogens (tertiary/aromatic N) is 1. The second-order valence-electron chi connectivity index (χ2n) is 3.82. The lowest BCUT2D eigenvalue weighted by Crippen LogP contribution is -2.23. The fourth-order valence-electron chi connectivity index (χ4n) is 1.53. The summed E-state index contributed by atoms with van der Waals surface area (Å²) in [5, 5.41) is 17.1. The number of nitro benzene ring substituents is 1. The monoisotopic (exact) mass is 253 g/mol. The lowest BCUT2D eigenvalue weighted by Gasteiger charge is -2.09. The number of ether oxygens (including phenoxy) is 1. The molecule has 0 spiro atoms. The van der Waals surface area contributed by atoms with Crippen molar-refractivity contribution in [1.82, 2.24) is 5.32 Å². The van der Waals surface area contributed by atoms with Gasteiger partial charge < -0.3 is 15.4 Å². The number of hydrogen-bond acceptors (Lipinski definition) is 5. The van der Waals surface area contributed by atoms with Gasteiger partial charge in [0, 0.05) is 25.2 Å². The first-order valence-corrected chi connectivity index (χ1v) is 5.96. The van der Waals surface area contributed by atoms with Crippen LogP contribution >= 0.6 is 0 Å². The maximum absolute atomic E-state index is 10.9. The van der Waals surface area contributed by atoms with Crippen molar-refractivity contribution in [1.29, 1.82) is 0 Å². The van der Waals surface area contributed by atoms with Crippen LogP contribution in [0.1, 0.15) is 13.3 Å². The molecule has 2 N–H and O–H groups in total. The zero-order chi connectivity index (χ0) is 13.4. The van der Waals surface area contributed by atoms with E-state index in [9.17, 15) is 10.1 Å². The van der Waals surface area contributed by atoms with Crippen molar-refractivity contribution in [3.8, 4) is 5.75 Å². The Morgan fingerprint density at radius 3 is 2.72 bits per heavy atom. The average molecular weight is 253 g/mol. The fourth-order valence-corrected chi connectivity index (χ4v) is 1.53. The number of rotatable bonds is 8. The molecule has 0 aliphatic carbocycles. The largest absolute Gasteiger partial charge is 0.497 e. The smallest absolute Gasteiger partial charge is 0.292 e. The van der Waals surface area contributed by atoms with E-state index in [1.54, 1.807) is 12.1 Å². The fraction of sp³-hybridized carbons (Fsp3) is 0.500. The van der Waals surface area contributed by atoms with E-state index in [1.807, 2.05) is 0 Å². The molecular weight excluding hydrogens is 234 g/mol. The van der Waals surface area contributed by atoms with E-state index in [2.05, 4.69) is 17.6 Å². The highest BCUT2D eigenvalue weighted by Gasteiger charge is 2.13. The molecule has 0 aliphatic heterocycles. The number of methoxy groups -OCH3 is 1. The van der Waals surface area contributed by atoms with E-state index >= 15 is 0 Å². The van der Waals surface area contributed by atoms with Crippen LogP contribution in [0.4, 0.5) is 11.4 Å². The van der Waals surface area contributed by atoms with Gasteiger partial charge in [-0.1, -0.05) is 6.92 Å². The third kappa shape index (κ3) is 4.21. The average Bonchev–Trinajstić information content (AvgIpc) is 2.38. The lowest BCUT2D eigenvalue weighted by molar-refractivity contribution is -0.384. The SMILES string of the molecule is CCCNCCNc1cc(OC)ccc1[N+](=O)[O-]. The maximum Gasteiger partial charge on any atom is 0.292 e. The Labute approximate surface area is 106 Å². The molecule has 0 aliphatic rings. The van der Waals surface area contributed by atoms with Crippen LogP contribution in [0.15, 0.2) is 18.2 Å². The molecule has 0 amide bonds. The van der Waals surface area contributed by atoms with Gasteiger partial charge in [0.15, 0.2) is 0 Å². The lowest BCUT2D eigenvalue weighted by atomic mass is 10.2. The normalized spacial score (nSPS) is 10.1. The Morgan fingerprint density at radius 2 is 2.11 bits per heavy atom. The van der Waals surface area contributed by atoms with Crippen molar-refractivity contribution in [2.75, 3.05) is 32.1 Å². The molecule has 0 unspecified atom stereocenters. The molecule has 0 saturated carbocycles. The highest BCUT2D eigenvalue weighted by Crippen LogP contribution is 2.28. The molecule has 1 rings (SSSR count). The quantitative estimate of drug-likeness (QED) is 0.421. The first-order valence-electron chi connectivity index (χ1n) is 5.96. The summed E-state index contributed by atoms with van der Waals surface area (Å²) in [6.45, 7) is 4.44. The van der Waals surface area contributed by atoms with Crippen LogP contribution in [0.5, 0.6) is 5.75 Å². The van der Waals surface area contributed by atoms with Crippen LogP contribution in [0, 0.1) is 10.1 Å². The van der Waals surface area contributed by atoms with E-state index < -0.39 is 4.92 Å². The third-order valence-corrected chi connectivity index (χ3v) is 2.44. The summed E-state index contributed by atoms with van der Waals surface area (Å²) < 4.78 is 5.06. The second-order valence-corrected chi connectivity index (χ2v) is 3.82. The molecule has 0 bridgehead atoms. The van der Waals surface area contributed by atoms with E-state index in [0.29, 0.717) is 18.0 Å². The maximum atomic E-state index is 10.9. The summed E-state index contributed by atoms with van der Waals surface area (Å²) in [5.74, 6) is 0.601. The van der Waals surface area contributed by atoms with E-state index in [1.165, 1.54) is 13.2 Å². The molecule has 100 valence electrons. The summed E-state index contributed by atoms with van der Waals surface area (Å²) in [6.07, 6.45) is 1.07. The molecule has 6 heteroatoms. The predicted molar refractivity (Wildman–Crippen MR) is 71.3 cm³/mol. The first kappa shape index (κ1) is 14.2. The zero-order valence-corrected chi connectivity index (χ0v) is 10.7. The molecular formula is C12H19N3O3. The summed E-state index contributed by atoms with van der Waals surface area (Å²) in [7, 11) is 1.54. The Morgan fingerprint density at radius 1 is 1.33 bits per heavy atom. The molecule has 0 saturated heterocycles. The first-order chi connectivity index (χ1) is 8.69. The molecule has 6 nitrogen and oxygen atoms in total. The summed E-state index contributed by atoms with van der Waals surface area (Å²) in [6, 6.07) is 4.66. The van der Waals surface area contributed by atoms with Crippen molar-refractivity contribution in [3.05, 3.63) is 28.3 Å². The van der Waals surface area contributed by atoms with Crippen LogP contribution in [-0.4, -0.2) is 31.7 Å². The Hall–Kier alpha value is -1.82. The molecule has 0 atom stereocenters. The van der Waals surface area contributed by atoms with Gasteiger partial charge in [-0.3, -0.25) is 10.1 Å². The predicted octanol–water partition coefficient (Wildman–Crippen LogP) is 2.01. The number of nitro groups is 1. The molecule has 0 heterocycles. The van der Waals surface area contributed by atoms with Gasteiger partial charge in [-0.25, -0.2) is 0 Å². The molecule has 0 radical (unpaired) electrons. The van der Waals surface area contributed by atoms with Gasteiger partial charge in [-0.05, 0) is 19.0 Å². The third-order valence-electron chi connectivity index (χ3n) is 2.44. The van der Waals surface area contributed by atoms with E-state index in [4.69, 9.17) is 4.74 Å². The minimum absolute atomic E-state index is 0.0614. The van der Waals surface area contributed by atoms with E-state index in [-0.39, 0.29) is 5.69 Å². The van der Waals surface area contributed by atoms with Crippen molar-refractivity contribution < 1.29 is 9.66 Å². The Bertz CT molecular complexity index is 396. The van der Waals surface area contributed by atoms with E-state index in [0.717, 1.165) is 19.5 Å². The minimum atomic E-state index is -0.402.